The molecule has 0 atom stereocenters. The molecule has 0 unspecified atom stereocenters. The highest BCUT2D eigenvalue weighted by molar-refractivity contribution is 7.92. The lowest BCUT2D eigenvalue weighted by Gasteiger charge is -2.16. The maximum atomic E-state index is 11.4. The third kappa shape index (κ3) is 4.12. The van der Waals surface area contributed by atoms with E-state index >= 15 is 0 Å². The van der Waals surface area contributed by atoms with Crippen molar-refractivity contribution >= 4 is 21.6 Å². The summed E-state index contributed by atoms with van der Waals surface area (Å²) in [5.41, 5.74) is 0.544. The first kappa shape index (κ1) is 14.6. The molecule has 110 valence electrons. The predicted molar refractivity (Wildman–Crippen MR) is 76.3 cm³/mol. The van der Waals surface area contributed by atoms with Crippen molar-refractivity contribution < 1.29 is 17.9 Å². The number of hydrogen-bond donors (Lipinski definition) is 1. The van der Waals surface area contributed by atoms with Crippen LogP contribution in [-0.4, -0.2) is 40.3 Å². The Morgan fingerprint density at radius 3 is 2.45 bits per heavy atom. The van der Waals surface area contributed by atoms with Crippen LogP contribution in [0.4, 0.5) is 5.69 Å². The fourth-order valence-electron chi connectivity index (χ4n) is 1.59. The van der Waals surface area contributed by atoms with E-state index < -0.39 is 10.0 Å². The lowest BCUT2D eigenvalue weighted by molar-refractivity contribution is -0.123. The van der Waals surface area contributed by atoms with Gasteiger partial charge in [-0.3, -0.25) is 9.10 Å². The summed E-state index contributed by atoms with van der Waals surface area (Å²) in [4.78, 5) is 11.4. The van der Waals surface area contributed by atoms with Crippen LogP contribution < -0.4 is 14.4 Å². The molecule has 0 heterocycles. The minimum Gasteiger partial charge on any atom is -0.484 e. The van der Waals surface area contributed by atoms with Crippen molar-refractivity contribution in [2.24, 2.45) is 0 Å². The third-order valence-electron chi connectivity index (χ3n) is 3.01. The van der Waals surface area contributed by atoms with E-state index in [9.17, 15) is 13.2 Å². The number of carbonyl (C=O) groups excluding carboxylic acids is 1. The minimum absolute atomic E-state index is 0.0300. The molecule has 1 saturated carbocycles. The van der Waals surface area contributed by atoms with Crippen molar-refractivity contribution in [3.63, 3.8) is 0 Å². The smallest absolute Gasteiger partial charge is 0.258 e. The van der Waals surface area contributed by atoms with Gasteiger partial charge in [-0.15, -0.1) is 0 Å². The molecule has 0 aromatic heterocycles. The zero-order chi connectivity index (χ0) is 14.8. The first-order valence-electron chi connectivity index (χ1n) is 6.32. The number of rotatable bonds is 6. The maximum Gasteiger partial charge on any atom is 0.258 e. The van der Waals surface area contributed by atoms with E-state index in [0.29, 0.717) is 17.5 Å². The highest BCUT2D eigenvalue weighted by atomic mass is 32.2. The summed E-state index contributed by atoms with van der Waals surface area (Å²) < 4.78 is 29.3. The molecule has 1 fully saturated rings. The molecule has 1 aliphatic rings. The number of benzene rings is 1. The summed E-state index contributed by atoms with van der Waals surface area (Å²) in [6.45, 7) is -0.0300. The normalized spacial score (nSPS) is 14.7. The molecule has 0 spiro atoms. The van der Waals surface area contributed by atoms with E-state index in [1.165, 1.54) is 11.4 Å². The Morgan fingerprint density at radius 1 is 1.35 bits per heavy atom. The lowest BCUT2D eigenvalue weighted by Crippen LogP contribution is -2.30. The van der Waals surface area contributed by atoms with Gasteiger partial charge in [-0.2, -0.15) is 0 Å². The summed E-state index contributed by atoms with van der Waals surface area (Å²) in [6, 6.07) is 6.87. The van der Waals surface area contributed by atoms with Crippen LogP contribution in [0.1, 0.15) is 12.8 Å². The van der Waals surface area contributed by atoms with Gasteiger partial charge in [-0.1, -0.05) is 0 Å². The number of carbonyl (C=O) groups is 1. The molecule has 0 aliphatic heterocycles. The van der Waals surface area contributed by atoms with Crippen LogP contribution in [0.5, 0.6) is 5.75 Å². The molecule has 6 nitrogen and oxygen atoms in total. The van der Waals surface area contributed by atoms with Crippen LogP contribution in [-0.2, 0) is 14.8 Å². The summed E-state index contributed by atoms with van der Waals surface area (Å²) in [7, 11) is -1.79. The number of ether oxygens (including phenoxy) is 1. The fraction of sp³-hybridized carbons (Fsp3) is 0.462. The zero-order valence-corrected chi connectivity index (χ0v) is 12.3. The SMILES string of the molecule is CN(c1ccc(OCC(=O)NC2CC2)cc1)S(C)(=O)=O. The molecule has 2 rings (SSSR count). The van der Waals surface area contributed by atoms with E-state index in [0.717, 1.165) is 19.1 Å². The van der Waals surface area contributed by atoms with Crippen molar-refractivity contribution in [1.82, 2.24) is 5.32 Å². The molecule has 0 radical (unpaired) electrons. The molecule has 20 heavy (non-hydrogen) atoms. The average Bonchev–Trinajstić information content (AvgIpc) is 3.19. The van der Waals surface area contributed by atoms with Gasteiger partial charge in [-0.25, -0.2) is 8.42 Å². The highest BCUT2D eigenvalue weighted by Gasteiger charge is 2.23. The van der Waals surface area contributed by atoms with Gasteiger partial charge in [0.25, 0.3) is 5.91 Å². The Hall–Kier alpha value is -1.76. The van der Waals surface area contributed by atoms with Crippen LogP contribution >= 0.6 is 0 Å². The number of sulfonamides is 1. The molecule has 0 saturated heterocycles. The van der Waals surface area contributed by atoms with Crippen LogP contribution in [0.3, 0.4) is 0 Å². The van der Waals surface area contributed by atoms with E-state index in [4.69, 9.17) is 4.74 Å². The summed E-state index contributed by atoms with van der Waals surface area (Å²) in [6.07, 6.45) is 3.22. The second-order valence-electron chi connectivity index (χ2n) is 4.85. The minimum atomic E-state index is -3.27. The molecule has 1 aromatic carbocycles. The van der Waals surface area contributed by atoms with Gasteiger partial charge in [-0.05, 0) is 37.1 Å². The Bertz CT molecular complexity index is 579. The first-order chi connectivity index (χ1) is 9.36. The molecule has 1 N–H and O–H groups in total. The van der Waals surface area contributed by atoms with E-state index in [1.807, 2.05) is 0 Å². The Morgan fingerprint density at radius 2 is 1.95 bits per heavy atom. The van der Waals surface area contributed by atoms with Gasteiger partial charge in [0.05, 0.1) is 11.9 Å². The van der Waals surface area contributed by atoms with E-state index in [-0.39, 0.29) is 12.5 Å². The van der Waals surface area contributed by atoms with Crippen LogP contribution in [0.2, 0.25) is 0 Å². The molecule has 0 bridgehead atoms. The molecular formula is C13H18N2O4S. The Labute approximate surface area is 118 Å². The van der Waals surface area contributed by atoms with Crippen molar-refractivity contribution in [1.29, 1.82) is 0 Å². The molecule has 1 amide bonds. The first-order valence-corrected chi connectivity index (χ1v) is 8.17. The summed E-state index contributed by atoms with van der Waals surface area (Å²) in [5, 5.41) is 2.82. The largest absolute Gasteiger partial charge is 0.484 e. The summed E-state index contributed by atoms with van der Waals surface area (Å²) in [5.74, 6) is 0.395. The van der Waals surface area contributed by atoms with Gasteiger partial charge in [0.1, 0.15) is 5.75 Å². The monoisotopic (exact) mass is 298 g/mol. The van der Waals surface area contributed by atoms with Crippen LogP contribution in [0.15, 0.2) is 24.3 Å². The highest BCUT2D eigenvalue weighted by Crippen LogP contribution is 2.20. The van der Waals surface area contributed by atoms with Crippen molar-refractivity contribution in [2.45, 2.75) is 18.9 Å². The number of anilines is 1. The fourth-order valence-corrected chi connectivity index (χ4v) is 2.09. The van der Waals surface area contributed by atoms with Gasteiger partial charge in [0, 0.05) is 13.1 Å². The van der Waals surface area contributed by atoms with Gasteiger partial charge in [0.15, 0.2) is 6.61 Å². The predicted octanol–water partition coefficient (Wildman–Crippen LogP) is 0.740. The van der Waals surface area contributed by atoms with Crippen LogP contribution in [0.25, 0.3) is 0 Å². The standard InChI is InChI=1S/C13H18N2O4S/c1-15(20(2,17)18)11-5-7-12(8-6-11)19-9-13(16)14-10-3-4-10/h5-8,10H,3-4,9H2,1-2H3,(H,14,16). The summed E-state index contributed by atoms with van der Waals surface area (Å²) >= 11 is 0. The molecule has 1 aromatic rings. The van der Waals surface area contributed by atoms with Crippen molar-refractivity contribution in [3.05, 3.63) is 24.3 Å². The molecule has 7 heteroatoms. The second kappa shape index (κ2) is 5.70. The lowest BCUT2D eigenvalue weighted by atomic mass is 10.3. The van der Waals surface area contributed by atoms with Crippen molar-refractivity contribution in [3.8, 4) is 5.75 Å². The second-order valence-corrected chi connectivity index (χ2v) is 6.87. The number of amides is 1. The van der Waals surface area contributed by atoms with Crippen molar-refractivity contribution in [2.75, 3.05) is 24.2 Å². The van der Waals surface area contributed by atoms with E-state index in [2.05, 4.69) is 5.32 Å². The van der Waals surface area contributed by atoms with Gasteiger partial charge in [0.2, 0.25) is 10.0 Å². The van der Waals surface area contributed by atoms with Crippen LogP contribution in [0, 0.1) is 0 Å². The number of nitrogens with one attached hydrogen (secondary N) is 1. The maximum absolute atomic E-state index is 11.4. The average molecular weight is 298 g/mol. The van der Waals surface area contributed by atoms with Gasteiger partial charge >= 0.3 is 0 Å². The third-order valence-corrected chi connectivity index (χ3v) is 4.22. The molecular weight excluding hydrogens is 280 g/mol. The quantitative estimate of drug-likeness (QED) is 0.840. The number of nitrogens with zero attached hydrogens (tertiary/aromatic N) is 1. The Kier molecular flexibility index (Phi) is 4.17. The number of hydrogen-bond acceptors (Lipinski definition) is 4. The zero-order valence-electron chi connectivity index (χ0n) is 11.5. The van der Waals surface area contributed by atoms with Gasteiger partial charge < -0.3 is 10.1 Å². The molecule has 1 aliphatic carbocycles. The Balaban J connectivity index is 1.89. The van der Waals surface area contributed by atoms with E-state index in [1.54, 1.807) is 24.3 Å². The topological polar surface area (TPSA) is 75.7 Å².